The average Bonchev–Trinajstić information content (AvgIpc) is 3.54. The number of hydrogen-bond acceptors (Lipinski definition) is 0. The van der Waals surface area contributed by atoms with Gasteiger partial charge in [-0.15, -0.1) is 6.92 Å². The summed E-state index contributed by atoms with van der Waals surface area (Å²) in [7, 11) is 0. The molecule has 0 spiro atoms. The van der Waals surface area contributed by atoms with Gasteiger partial charge in [-0.3, -0.25) is 0 Å². The summed E-state index contributed by atoms with van der Waals surface area (Å²) < 4.78 is 1.42. The van der Waals surface area contributed by atoms with E-state index in [2.05, 4.69) is 126 Å². The zero-order valence-corrected chi connectivity index (χ0v) is 29.4. The molecule has 1 saturated carbocycles. The van der Waals surface area contributed by atoms with Gasteiger partial charge in [-0.2, -0.15) is 29.3 Å². The Kier molecular flexibility index (Phi) is 11.0. The topological polar surface area (TPSA) is 0 Å². The molecule has 0 heterocycles. The van der Waals surface area contributed by atoms with Crippen LogP contribution in [0.3, 0.4) is 0 Å². The van der Waals surface area contributed by atoms with Crippen molar-refractivity contribution in [3.8, 4) is 0 Å². The smallest absolute Gasteiger partial charge is 0.172 e. The maximum absolute atomic E-state index is 2.62. The second kappa shape index (κ2) is 12.6. The number of allylic oxidation sites excluding steroid dienone is 6. The van der Waals surface area contributed by atoms with Crippen molar-refractivity contribution in [1.82, 2.24) is 0 Å². The third kappa shape index (κ3) is 5.26. The fraction of sp³-hybridized carbons (Fsp3) is 0.486. The van der Waals surface area contributed by atoms with Crippen LogP contribution in [0.5, 0.6) is 0 Å². The molecular weight excluding hydrogens is 563 g/mol. The zero-order valence-electron chi connectivity index (χ0n) is 26.3. The minimum Gasteiger partial charge on any atom is -1.00 e. The number of hydrogen-bond donors (Lipinski definition) is 0. The van der Waals surface area contributed by atoms with Gasteiger partial charge in [0.25, 0.3) is 0 Å². The van der Waals surface area contributed by atoms with Gasteiger partial charge in [0, 0.05) is 0 Å². The summed E-state index contributed by atoms with van der Waals surface area (Å²) in [4.78, 5) is 0. The molecule has 0 amide bonds. The molecule has 4 aliphatic rings. The number of halogens is 2. The minimum absolute atomic E-state index is 0. The van der Waals surface area contributed by atoms with Crippen LogP contribution in [0.4, 0.5) is 0 Å². The van der Waals surface area contributed by atoms with Crippen LogP contribution in [-0.4, -0.2) is 3.81 Å². The Labute approximate surface area is 269 Å². The molecule has 0 N–H and O–H groups in total. The van der Waals surface area contributed by atoms with Crippen molar-refractivity contribution in [2.24, 2.45) is 27.6 Å². The predicted octanol–water partition coefficient (Wildman–Crippen LogP) is 4.12. The quantitative estimate of drug-likeness (QED) is 0.311. The van der Waals surface area contributed by atoms with Crippen molar-refractivity contribution in [2.45, 2.75) is 88.5 Å². The largest absolute Gasteiger partial charge is 1.00 e. The monoisotopic (exact) mass is 610 g/mol. The van der Waals surface area contributed by atoms with E-state index in [0.29, 0.717) is 5.92 Å². The van der Waals surface area contributed by atoms with E-state index in [1.165, 1.54) is 27.8 Å². The van der Waals surface area contributed by atoms with Gasteiger partial charge in [0.15, 0.2) is 0 Å². The molecule has 0 radical (unpaired) electrons. The molecule has 2 aromatic carbocycles. The Morgan fingerprint density at radius 1 is 0.900 bits per heavy atom. The molecule has 2 aromatic rings. The fourth-order valence-corrected chi connectivity index (χ4v) is 7.89. The van der Waals surface area contributed by atoms with E-state index < -0.39 is 0 Å². The van der Waals surface area contributed by atoms with Crippen LogP contribution >= 0.6 is 0 Å². The summed E-state index contributed by atoms with van der Waals surface area (Å²) in [5, 5.41) is 0. The molecule has 0 nitrogen and oxygen atoms in total. The third-order valence-corrected chi connectivity index (χ3v) is 11.3. The number of benzene rings is 1. The predicted molar refractivity (Wildman–Crippen MR) is 163 cm³/mol. The summed E-state index contributed by atoms with van der Waals surface area (Å²) in [6, 6.07) is 19.2. The maximum atomic E-state index is 2.62. The molecule has 216 valence electrons. The van der Waals surface area contributed by atoms with Crippen molar-refractivity contribution < 1.29 is 44.8 Å². The molecule has 2 atom stereocenters. The van der Waals surface area contributed by atoms with Gasteiger partial charge in [-0.25, -0.2) is 18.1 Å². The van der Waals surface area contributed by atoms with Gasteiger partial charge in [-0.05, 0) is 40.6 Å². The molecule has 2 unspecified atom stereocenters. The summed E-state index contributed by atoms with van der Waals surface area (Å²) in [5.74, 6) is 2.24. The molecule has 3 heteroatoms. The van der Waals surface area contributed by atoms with Crippen molar-refractivity contribution in [3.05, 3.63) is 101 Å². The van der Waals surface area contributed by atoms with Crippen molar-refractivity contribution in [2.75, 3.05) is 0 Å². The van der Waals surface area contributed by atoms with E-state index in [0.717, 1.165) is 6.42 Å². The molecule has 0 bridgehead atoms. The molecular formula is C37H48Cl2Ti-2. The average molecular weight is 612 g/mol. The first-order chi connectivity index (χ1) is 17.7. The van der Waals surface area contributed by atoms with Crippen LogP contribution < -0.4 is 24.8 Å². The summed E-state index contributed by atoms with van der Waals surface area (Å²) >= 11 is 2.08. The number of fused-ring (bicyclic) bond motifs is 6. The Morgan fingerprint density at radius 2 is 1.48 bits per heavy atom. The first kappa shape index (κ1) is 35.0. The van der Waals surface area contributed by atoms with Gasteiger partial charge in [-0.1, -0.05) is 113 Å². The van der Waals surface area contributed by atoms with Crippen molar-refractivity contribution in [3.63, 3.8) is 0 Å². The van der Waals surface area contributed by atoms with E-state index in [1.807, 2.05) is 30.3 Å². The molecule has 1 fully saturated rings. The molecule has 0 aromatic heterocycles. The normalized spacial score (nSPS) is 25.8. The van der Waals surface area contributed by atoms with Gasteiger partial charge >= 0.3 is 37.6 Å². The van der Waals surface area contributed by atoms with E-state index in [4.69, 9.17) is 0 Å². The SMILES string of the molecule is C[C-]1C2=C3Cc4ccccc4C3=C3C=CCCC3C2(C)C(C)(C)C(C)(C)C1(C)C.C[C](C)=[Ti+2].[Cl-].[Cl-].c1cc[cH-]c1. The van der Waals surface area contributed by atoms with Crippen LogP contribution in [0.2, 0.25) is 0 Å². The van der Waals surface area contributed by atoms with Crippen LogP contribution in [0.25, 0.3) is 5.57 Å². The van der Waals surface area contributed by atoms with Gasteiger partial charge in [0.1, 0.15) is 0 Å². The van der Waals surface area contributed by atoms with Gasteiger partial charge < -0.3 is 24.8 Å². The maximum Gasteiger partial charge on any atom is -0.172 e. The van der Waals surface area contributed by atoms with Gasteiger partial charge in [0.2, 0.25) is 0 Å². The third-order valence-electron chi connectivity index (χ3n) is 11.3. The summed E-state index contributed by atoms with van der Waals surface area (Å²) in [6.45, 7) is 24.5. The second-order valence-corrected chi connectivity index (χ2v) is 15.3. The van der Waals surface area contributed by atoms with E-state index in [9.17, 15) is 0 Å². The van der Waals surface area contributed by atoms with Crippen LogP contribution in [0.15, 0.2) is 83.5 Å². The summed E-state index contributed by atoms with van der Waals surface area (Å²) in [6.07, 6.45) is 8.50. The van der Waals surface area contributed by atoms with Crippen molar-refractivity contribution in [1.29, 1.82) is 0 Å². The Bertz CT molecular complexity index is 1260. The van der Waals surface area contributed by atoms with Crippen LogP contribution in [0, 0.1) is 33.5 Å². The number of rotatable bonds is 0. The Balaban J connectivity index is 0.000000441. The minimum atomic E-state index is 0. The first-order valence-corrected chi connectivity index (χ1v) is 15.2. The van der Waals surface area contributed by atoms with E-state index in [1.54, 1.807) is 28.2 Å². The van der Waals surface area contributed by atoms with E-state index >= 15 is 0 Å². The zero-order chi connectivity index (χ0) is 28.1. The molecule has 6 rings (SSSR count). The molecule has 4 aliphatic carbocycles. The van der Waals surface area contributed by atoms with Crippen LogP contribution in [0.1, 0.15) is 93.2 Å². The van der Waals surface area contributed by atoms with Gasteiger partial charge in [0.05, 0.1) is 0 Å². The molecule has 0 aliphatic heterocycles. The molecule has 0 saturated heterocycles. The van der Waals surface area contributed by atoms with E-state index in [-0.39, 0.29) is 46.5 Å². The van der Waals surface area contributed by atoms with Crippen molar-refractivity contribution >= 4 is 9.38 Å². The Morgan fingerprint density at radius 3 is 2.02 bits per heavy atom. The standard InChI is InChI=1S/C29H37.C5H5.C3H6.2ClH.Ti/c1-18-25-22-17-19-13-9-10-14-20(19)24(22)21-15-11-12-16-23(21)29(25,8)28(6,7)27(4,5)26(18,2)3;1-2-4-5-3-1;1-3-2;;;/h9-11,13-15,23H,12,16-17H2,1-8H3;1-5H;1-2H3;2*1H;/q2*-1;;;;+2/p-2. The fourth-order valence-electron chi connectivity index (χ4n) is 7.89. The second-order valence-electron chi connectivity index (χ2n) is 13.7. The Hall–Kier alpha value is -1.18. The summed E-state index contributed by atoms with van der Waals surface area (Å²) in [5.41, 5.74) is 10.3. The van der Waals surface area contributed by atoms with Crippen LogP contribution in [-0.2, 0) is 26.4 Å². The first-order valence-electron chi connectivity index (χ1n) is 14.5. The molecule has 40 heavy (non-hydrogen) atoms.